The van der Waals surface area contributed by atoms with Crippen molar-refractivity contribution in [1.29, 1.82) is 0 Å². The topological polar surface area (TPSA) is 44.8 Å². The Morgan fingerprint density at radius 2 is 1.86 bits per heavy atom. The second-order valence-electron chi connectivity index (χ2n) is 7.91. The lowest BCUT2D eigenvalue weighted by atomic mass is 9.84. The highest BCUT2D eigenvalue weighted by Crippen LogP contribution is 2.28. The fourth-order valence-electron chi connectivity index (χ4n) is 4.31. The first-order valence-corrected chi connectivity index (χ1v) is 10.3. The number of nitrogens with zero attached hydrogens (tertiary/aromatic N) is 2. The van der Waals surface area contributed by atoms with Crippen molar-refractivity contribution < 1.29 is 18.3 Å². The van der Waals surface area contributed by atoms with Crippen molar-refractivity contribution in [3.63, 3.8) is 0 Å². The largest absolute Gasteiger partial charge is 0.375 e. The molecular formula is C21H31F2N3O2. The molecule has 156 valence electrons. The van der Waals surface area contributed by atoms with E-state index in [0.29, 0.717) is 11.6 Å². The SMILES string of the molecule is COCC(=O)N[C@H]1CC[C@H](CCN2CCN(c3cccc(F)c3F)CC2)CC1. The van der Waals surface area contributed by atoms with E-state index in [2.05, 4.69) is 10.2 Å². The van der Waals surface area contributed by atoms with Gasteiger partial charge < -0.3 is 15.0 Å². The molecule has 7 heteroatoms. The predicted octanol–water partition coefficient (Wildman–Crippen LogP) is 2.80. The van der Waals surface area contributed by atoms with Crippen LogP contribution in [0.15, 0.2) is 18.2 Å². The Morgan fingerprint density at radius 3 is 2.54 bits per heavy atom. The lowest BCUT2D eigenvalue weighted by Gasteiger charge is -2.37. The van der Waals surface area contributed by atoms with Gasteiger partial charge in [-0.1, -0.05) is 6.07 Å². The minimum atomic E-state index is -0.783. The van der Waals surface area contributed by atoms with Crippen molar-refractivity contribution in [1.82, 2.24) is 10.2 Å². The normalized spacial score (nSPS) is 23.6. The van der Waals surface area contributed by atoms with Crippen molar-refractivity contribution in [2.24, 2.45) is 5.92 Å². The Labute approximate surface area is 166 Å². The average molecular weight is 395 g/mol. The van der Waals surface area contributed by atoms with Crippen LogP contribution in [0.5, 0.6) is 0 Å². The number of piperazine rings is 1. The first-order valence-electron chi connectivity index (χ1n) is 10.3. The van der Waals surface area contributed by atoms with Crippen molar-refractivity contribution in [2.75, 3.05) is 51.3 Å². The number of benzene rings is 1. The molecule has 1 aromatic carbocycles. The summed E-state index contributed by atoms with van der Waals surface area (Å²) in [6.07, 6.45) is 5.52. The first-order chi connectivity index (χ1) is 13.6. The Morgan fingerprint density at radius 1 is 1.14 bits per heavy atom. The summed E-state index contributed by atoms with van der Waals surface area (Å²) in [5.74, 6) is -0.855. The van der Waals surface area contributed by atoms with Crippen LogP contribution < -0.4 is 10.2 Å². The number of hydrogen-bond acceptors (Lipinski definition) is 4. The Balaban J connectivity index is 1.35. The van der Waals surface area contributed by atoms with Gasteiger partial charge in [-0.05, 0) is 56.7 Å². The van der Waals surface area contributed by atoms with Crippen LogP contribution in [0.1, 0.15) is 32.1 Å². The average Bonchev–Trinajstić information content (AvgIpc) is 2.70. The summed E-state index contributed by atoms with van der Waals surface area (Å²) in [6, 6.07) is 4.66. The summed E-state index contributed by atoms with van der Waals surface area (Å²) in [5.41, 5.74) is 0.369. The molecule has 0 spiro atoms. The number of anilines is 1. The number of carbonyl (C=O) groups excluding carboxylic acids is 1. The van der Waals surface area contributed by atoms with E-state index in [1.165, 1.54) is 7.11 Å². The molecule has 5 nitrogen and oxygen atoms in total. The molecule has 0 atom stereocenters. The van der Waals surface area contributed by atoms with E-state index in [-0.39, 0.29) is 18.6 Å². The molecule has 2 aliphatic rings. The van der Waals surface area contributed by atoms with Gasteiger partial charge in [0.15, 0.2) is 11.6 Å². The molecular weight excluding hydrogens is 364 g/mol. The van der Waals surface area contributed by atoms with E-state index >= 15 is 0 Å². The molecule has 1 aliphatic carbocycles. The molecule has 1 saturated carbocycles. The summed E-state index contributed by atoms with van der Waals surface area (Å²) < 4.78 is 32.3. The van der Waals surface area contributed by atoms with Crippen LogP contribution >= 0.6 is 0 Å². The monoisotopic (exact) mass is 395 g/mol. The summed E-state index contributed by atoms with van der Waals surface area (Å²) >= 11 is 0. The maximum Gasteiger partial charge on any atom is 0.246 e. The molecule has 1 aliphatic heterocycles. The number of hydrogen-bond donors (Lipinski definition) is 1. The van der Waals surface area contributed by atoms with Gasteiger partial charge in [0.25, 0.3) is 0 Å². The fraction of sp³-hybridized carbons (Fsp3) is 0.667. The molecule has 0 radical (unpaired) electrons. The Hall–Kier alpha value is -1.73. The fourth-order valence-corrected chi connectivity index (χ4v) is 4.31. The highest BCUT2D eigenvalue weighted by atomic mass is 19.2. The van der Waals surface area contributed by atoms with Crippen molar-refractivity contribution in [2.45, 2.75) is 38.1 Å². The smallest absolute Gasteiger partial charge is 0.246 e. The van der Waals surface area contributed by atoms with Gasteiger partial charge >= 0.3 is 0 Å². The molecule has 28 heavy (non-hydrogen) atoms. The quantitative estimate of drug-likeness (QED) is 0.771. The van der Waals surface area contributed by atoms with E-state index in [1.807, 2.05) is 4.90 Å². The first kappa shape index (κ1) is 21.0. The molecule has 2 fully saturated rings. The van der Waals surface area contributed by atoms with Crippen LogP contribution in [0.4, 0.5) is 14.5 Å². The van der Waals surface area contributed by atoms with Crippen LogP contribution in [-0.4, -0.2) is 63.3 Å². The molecule has 1 aromatic rings. The van der Waals surface area contributed by atoms with Crippen molar-refractivity contribution in [3.8, 4) is 0 Å². The maximum atomic E-state index is 14.0. The van der Waals surface area contributed by atoms with E-state index in [9.17, 15) is 13.6 Å². The van der Waals surface area contributed by atoms with Crippen LogP contribution in [0, 0.1) is 17.6 Å². The zero-order chi connectivity index (χ0) is 19.9. The molecule has 0 unspecified atom stereocenters. The van der Waals surface area contributed by atoms with Crippen LogP contribution in [0.3, 0.4) is 0 Å². The van der Waals surface area contributed by atoms with Crippen LogP contribution in [0.25, 0.3) is 0 Å². The predicted molar refractivity (Wildman–Crippen MR) is 105 cm³/mol. The van der Waals surface area contributed by atoms with Crippen molar-refractivity contribution >= 4 is 11.6 Å². The molecule has 0 bridgehead atoms. The zero-order valence-electron chi connectivity index (χ0n) is 16.6. The number of halogens is 2. The number of amides is 1. The highest BCUT2D eigenvalue weighted by Gasteiger charge is 2.24. The number of carbonyl (C=O) groups is 1. The molecule has 1 heterocycles. The summed E-state index contributed by atoms with van der Waals surface area (Å²) in [6.45, 7) is 4.37. The Kier molecular flexibility index (Phi) is 7.62. The number of rotatable bonds is 7. The standard InChI is InChI=1S/C21H31F2N3O2/c1-28-15-20(27)24-17-7-5-16(6-8-17)9-10-25-11-13-26(14-12-25)19-4-2-3-18(22)21(19)23/h2-4,16-17H,5-15H2,1H3,(H,24,27)/t16-,17-. The molecule has 1 N–H and O–H groups in total. The molecule has 1 amide bonds. The zero-order valence-corrected chi connectivity index (χ0v) is 16.6. The Bertz CT molecular complexity index is 643. The second kappa shape index (κ2) is 10.2. The lowest BCUT2D eigenvalue weighted by molar-refractivity contribution is -0.125. The minimum Gasteiger partial charge on any atom is -0.375 e. The number of ether oxygens (including phenoxy) is 1. The summed E-state index contributed by atoms with van der Waals surface area (Å²) in [7, 11) is 1.53. The van der Waals surface area contributed by atoms with Gasteiger partial charge in [-0.2, -0.15) is 0 Å². The van der Waals surface area contributed by atoms with Gasteiger partial charge in [-0.25, -0.2) is 8.78 Å². The van der Waals surface area contributed by atoms with Gasteiger partial charge in [0.1, 0.15) is 6.61 Å². The number of nitrogens with one attached hydrogen (secondary N) is 1. The van der Waals surface area contributed by atoms with E-state index in [1.54, 1.807) is 12.1 Å². The van der Waals surface area contributed by atoms with E-state index in [4.69, 9.17) is 4.74 Å². The van der Waals surface area contributed by atoms with E-state index < -0.39 is 11.6 Å². The van der Waals surface area contributed by atoms with E-state index in [0.717, 1.165) is 70.9 Å². The summed E-state index contributed by atoms with van der Waals surface area (Å²) in [5, 5.41) is 3.04. The minimum absolute atomic E-state index is 0.0291. The van der Waals surface area contributed by atoms with Crippen LogP contribution in [0.2, 0.25) is 0 Å². The molecule has 0 aromatic heterocycles. The van der Waals surface area contributed by atoms with Crippen LogP contribution in [-0.2, 0) is 9.53 Å². The lowest BCUT2D eigenvalue weighted by Crippen LogP contribution is -2.47. The van der Waals surface area contributed by atoms with Gasteiger partial charge in [-0.15, -0.1) is 0 Å². The van der Waals surface area contributed by atoms with Gasteiger partial charge in [0.2, 0.25) is 5.91 Å². The third-order valence-electron chi connectivity index (χ3n) is 5.99. The second-order valence-corrected chi connectivity index (χ2v) is 7.91. The van der Waals surface area contributed by atoms with Crippen molar-refractivity contribution in [3.05, 3.63) is 29.8 Å². The highest BCUT2D eigenvalue weighted by molar-refractivity contribution is 5.77. The van der Waals surface area contributed by atoms with Gasteiger partial charge in [-0.3, -0.25) is 9.69 Å². The molecule has 3 rings (SSSR count). The maximum absolute atomic E-state index is 14.0. The number of methoxy groups -OCH3 is 1. The van der Waals surface area contributed by atoms with Gasteiger partial charge in [0.05, 0.1) is 5.69 Å². The molecule has 1 saturated heterocycles. The third kappa shape index (κ3) is 5.64. The third-order valence-corrected chi connectivity index (χ3v) is 5.99. The summed E-state index contributed by atoms with van der Waals surface area (Å²) in [4.78, 5) is 16.0. The van der Waals surface area contributed by atoms with Gasteiger partial charge in [0, 0.05) is 39.3 Å².